The van der Waals surface area contributed by atoms with Crippen molar-refractivity contribution in [2.75, 3.05) is 30.8 Å². The fourth-order valence-electron chi connectivity index (χ4n) is 4.36. The quantitative estimate of drug-likeness (QED) is 0.347. The van der Waals surface area contributed by atoms with Crippen LogP contribution in [0.1, 0.15) is 26.7 Å². The summed E-state index contributed by atoms with van der Waals surface area (Å²) in [6, 6.07) is 7.47. The number of aromatic nitrogens is 3. The summed E-state index contributed by atoms with van der Waals surface area (Å²) in [5.41, 5.74) is 0.588. The first-order valence-corrected chi connectivity index (χ1v) is 14.6. The second kappa shape index (κ2) is 12.3. The lowest BCUT2D eigenvalue weighted by Crippen LogP contribution is -2.47. The maximum atomic E-state index is 12.8. The van der Waals surface area contributed by atoms with Gasteiger partial charge in [0.05, 0.1) is 33.3 Å². The van der Waals surface area contributed by atoms with E-state index in [4.69, 9.17) is 21.4 Å². The smallest absolute Gasteiger partial charge is 0.395 e. The zero-order chi connectivity index (χ0) is 28.2. The molecule has 3 heterocycles. The number of rotatable bonds is 9. The number of likely N-dealkylation sites (tertiary alicyclic amines) is 1. The molecule has 0 radical (unpaired) electrons. The molecule has 3 aromatic rings. The summed E-state index contributed by atoms with van der Waals surface area (Å²) < 4.78 is 31.8. The van der Waals surface area contributed by atoms with E-state index in [2.05, 4.69) is 39.3 Å². The maximum absolute atomic E-state index is 12.8. The summed E-state index contributed by atoms with van der Waals surface area (Å²) in [5, 5.41) is 15.0. The number of aliphatic hydroxyl groups is 1. The van der Waals surface area contributed by atoms with Crippen molar-refractivity contribution in [1.82, 2.24) is 24.8 Å². The summed E-state index contributed by atoms with van der Waals surface area (Å²) in [6.45, 7) is 5.14. The van der Waals surface area contributed by atoms with Gasteiger partial charge in [0.2, 0.25) is 5.91 Å². The van der Waals surface area contributed by atoms with Gasteiger partial charge in [-0.25, -0.2) is 18.2 Å². The first-order valence-electron chi connectivity index (χ1n) is 12.5. The summed E-state index contributed by atoms with van der Waals surface area (Å²) >= 11 is 5.85. The van der Waals surface area contributed by atoms with E-state index in [9.17, 15) is 18.0 Å². The Morgan fingerprint density at radius 2 is 1.95 bits per heavy atom. The Bertz CT molecular complexity index is 1440. The normalized spacial score (nSPS) is 15.0. The van der Waals surface area contributed by atoms with E-state index in [0.717, 1.165) is 25.9 Å². The number of ether oxygens (including phenoxy) is 1. The number of pyridine rings is 1. The minimum Gasteiger partial charge on any atom is -0.395 e. The van der Waals surface area contributed by atoms with Gasteiger partial charge in [-0.3, -0.25) is 9.36 Å². The molecule has 1 aromatic carbocycles. The van der Waals surface area contributed by atoms with Gasteiger partial charge in [-0.2, -0.15) is 4.98 Å². The number of halogens is 1. The molecule has 0 aliphatic carbocycles. The number of hydrogen-bond donors (Lipinski definition) is 3. The molecule has 39 heavy (non-hydrogen) atoms. The number of fused-ring (bicyclic) bond motifs is 1. The Kier molecular flexibility index (Phi) is 9.05. The van der Waals surface area contributed by atoms with Gasteiger partial charge in [0.15, 0.2) is 9.84 Å². The van der Waals surface area contributed by atoms with Crippen LogP contribution in [-0.4, -0.2) is 82.5 Å². The van der Waals surface area contributed by atoms with Crippen molar-refractivity contribution in [3.63, 3.8) is 0 Å². The van der Waals surface area contributed by atoms with Crippen molar-refractivity contribution in [2.45, 2.75) is 50.2 Å². The number of nitrogens with one attached hydrogen (secondary N) is 2. The third kappa shape index (κ3) is 7.24. The van der Waals surface area contributed by atoms with Crippen LogP contribution >= 0.6 is 11.6 Å². The summed E-state index contributed by atoms with van der Waals surface area (Å²) in [6.07, 6.45) is 2.21. The highest BCUT2D eigenvalue weighted by Crippen LogP contribution is 2.25. The van der Waals surface area contributed by atoms with Crippen molar-refractivity contribution < 1.29 is 27.9 Å². The fraction of sp³-hybridized carbons (Fsp3) is 0.440. The first kappa shape index (κ1) is 28.7. The van der Waals surface area contributed by atoms with Gasteiger partial charge in [0, 0.05) is 31.4 Å². The lowest BCUT2D eigenvalue weighted by Gasteiger charge is -2.34. The average Bonchev–Trinajstić information content (AvgIpc) is 3.21. The topological polar surface area (TPSA) is 156 Å². The van der Waals surface area contributed by atoms with Crippen LogP contribution in [0.5, 0.6) is 6.01 Å². The van der Waals surface area contributed by atoms with Crippen LogP contribution in [0.2, 0.25) is 5.02 Å². The van der Waals surface area contributed by atoms with E-state index >= 15 is 0 Å². The summed E-state index contributed by atoms with van der Waals surface area (Å²) in [4.78, 5) is 36.3. The van der Waals surface area contributed by atoms with Crippen LogP contribution in [-0.2, 0) is 21.2 Å². The van der Waals surface area contributed by atoms with E-state index in [1.165, 1.54) is 29.0 Å². The Hall–Kier alpha value is -3.26. The van der Waals surface area contributed by atoms with Gasteiger partial charge in [0.1, 0.15) is 12.4 Å². The predicted octanol–water partition coefficient (Wildman–Crippen LogP) is 2.45. The largest absolute Gasteiger partial charge is 0.415 e. The highest BCUT2D eigenvalue weighted by atomic mass is 35.5. The van der Waals surface area contributed by atoms with E-state index < -0.39 is 34.2 Å². The van der Waals surface area contributed by atoms with E-state index in [0.29, 0.717) is 16.6 Å². The van der Waals surface area contributed by atoms with Crippen molar-refractivity contribution in [2.24, 2.45) is 0 Å². The number of benzene rings is 1. The van der Waals surface area contributed by atoms with Gasteiger partial charge in [-0.15, -0.1) is 0 Å². The molecule has 2 amide bonds. The van der Waals surface area contributed by atoms with Crippen LogP contribution in [0.3, 0.4) is 0 Å². The number of imidazole rings is 1. The van der Waals surface area contributed by atoms with Gasteiger partial charge < -0.3 is 25.4 Å². The number of carbonyl (C=O) groups is 2. The molecule has 0 bridgehead atoms. The number of piperidine rings is 1. The van der Waals surface area contributed by atoms with Crippen LogP contribution in [0, 0.1) is 0 Å². The number of anilines is 1. The Morgan fingerprint density at radius 1 is 1.21 bits per heavy atom. The number of aliphatic hydroxyl groups excluding tert-OH is 1. The monoisotopic (exact) mass is 578 g/mol. The van der Waals surface area contributed by atoms with E-state index in [1.54, 1.807) is 12.1 Å². The molecular weight excluding hydrogens is 548 g/mol. The molecule has 0 spiro atoms. The average molecular weight is 579 g/mol. The zero-order valence-corrected chi connectivity index (χ0v) is 23.2. The highest BCUT2D eigenvalue weighted by Gasteiger charge is 2.25. The minimum atomic E-state index is -3.75. The Labute approximate surface area is 231 Å². The molecule has 12 nitrogen and oxygen atoms in total. The molecule has 2 aromatic heterocycles. The molecule has 14 heteroatoms. The summed E-state index contributed by atoms with van der Waals surface area (Å²) in [7, 11) is -3.75. The van der Waals surface area contributed by atoms with Crippen molar-refractivity contribution in [3.05, 3.63) is 41.6 Å². The molecule has 1 aliphatic rings. The van der Waals surface area contributed by atoms with Crippen LogP contribution < -0.4 is 15.4 Å². The lowest BCUT2D eigenvalue weighted by molar-refractivity contribution is -0.116. The number of hydrogen-bond acceptors (Lipinski definition) is 9. The third-order valence-electron chi connectivity index (χ3n) is 6.47. The first-order chi connectivity index (χ1) is 18.6. The predicted molar refractivity (Wildman–Crippen MR) is 146 cm³/mol. The number of amides is 2. The summed E-state index contributed by atoms with van der Waals surface area (Å²) in [5.74, 6) is -0.650. The number of nitrogens with zero attached hydrogens (tertiary/aromatic N) is 4. The Balaban J connectivity index is 1.56. The molecule has 1 fully saturated rings. The van der Waals surface area contributed by atoms with Gasteiger partial charge >= 0.3 is 12.1 Å². The van der Waals surface area contributed by atoms with E-state index in [1.807, 2.05) is 0 Å². The SMILES string of the molecule is CC(C)N1CCC(NC(=O)Oc2nc3cc(S(=O)(=O)CCO)ccc3n2CC(=O)Nc2ccc(Cl)cn2)CC1. The highest BCUT2D eigenvalue weighted by molar-refractivity contribution is 7.91. The Morgan fingerprint density at radius 3 is 2.59 bits per heavy atom. The van der Waals surface area contributed by atoms with E-state index in [-0.39, 0.29) is 34.8 Å². The second-order valence-electron chi connectivity index (χ2n) is 9.52. The molecule has 1 aliphatic heterocycles. The van der Waals surface area contributed by atoms with Crippen LogP contribution in [0.4, 0.5) is 10.6 Å². The van der Waals surface area contributed by atoms with Gasteiger partial charge in [-0.05, 0) is 57.0 Å². The molecule has 210 valence electrons. The second-order valence-corrected chi connectivity index (χ2v) is 12.1. The number of sulfone groups is 1. The molecule has 0 atom stereocenters. The molecule has 0 unspecified atom stereocenters. The molecule has 3 N–H and O–H groups in total. The standard InChI is InChI=1S/C25H31ClN6O6S/c1-16(2)31-9-7-18(8-10-31)28-25(35)38-24-29-20-13-19(39(36,37)12-11-33)4-5-21(20)32(24)15-23(34)30-22-6-3-17(26)14-27-22/h3-6,13-14,16,18,33H,7-12,15H2,1-2H3,(H,28,35)(H,27,30,34). The van der Waals surface area contributed by atoms with Gasteiger partial charge in [-0.1, -0.05) is 11.6 Å². The van der Waals surface area contributed by atoms with Crippen molar-refractivity contribution in [1.29, 1.82) is 0 Å². The maximum Gasteiger partial charge on any atom is 0.415 e. The molecule has 0 saturated carbocycles. The molecular formula is C25H31ClN6O6S. The van der Waals surface area contributed by atoms with Crippen LogP contribution in [0.25, 0.3) is 11.0 Å². The fourth-order valence-corrected chi connectivity index (χ4v) is 5.52. The zero-order valence-electron chi connectivity index (χ0n) is 21.6. The molecule has 4 rings (SSSR count). The van der Waals surface area contributed by atoms with Crippen molar-refractivity contribution >= 4 is 50.3 Å². The number of carbonyl (C=O) groups excluding carboxylic acids is 2. The third-order valence-corrected chi connectivity index (χ3v) is 8.38. The van der Waals surface area contributed by atoms with Crippen molar-refractivity contribution in [3.8, 4) is 6.01 Å². The minimum absolute atomic E-state index is 0.0450. The van der Waals surface area contributed by atoms with Crippen LogP contribution in [0.15, 0.2) is 41.4 Å². The van der Waals surface area contributed by atoms with Gasteiger partial charge in [0.25, 0.3) is 0 Å². The lowest BCUT2D eigenvalue weighted by atomic mass is 10.0. The molecule has 1 saturated heterocycles.